The Morgan fingerprint density at radius 3 is 3.00 bits per heavy atom. The van der Waals surface area contributed by atoms with Crippen molar-refractivity contribution in [3.8, 4) is 0 Å². The number of carbonyl (C=O) groups excluding carboxylic acids is 1. The van der Waals surface area contributed by atoms with Crippen molar-refractivity contribution in [3.63, 3.8) is 0 Å². The van der Waals surface area contributed by atoms with Crippen molar-refractivity contribution in [3.05, 3.63) is 33.9 Å². The number of fused-ring (bicyclic) bond motifs is 1. The summed E-state index contributed by atoms with van der Waals surface area (Å²) in [5, 5.41) is 1.52. The van der Waals surface area contributed by atoms with Gasteiger partial charge in [-0.3, -0.25) is 4.57 Å². The molecule has 0 saturated carbocycles. The Bertz CT molecular complexity index is 550. The molecule has 0 radical (unpaired) electrons. The van der Waals surface area contributed by atoms with Crippen LogP contribution in [0.2, 0.25) is 5.02 Å². The topological polar surface area (TPSA) is 31.2 Å². The molecule has 0 amide bonds. The summed E-state index contributed by atoms with van der Waals surface area (Å²) in [5.41, 5.74) is 0.773. The van der Waals surface area contributed by atoms with Gasteiger partial charge in [0.1, 0.15) is 0 Å². The Morgan fingerprint density at radius 1 is 1.56 bits per heavy atom. The van der Waals surface area contributed by atoms with Gasteiger partial charge < -0.3 is 4.74 Å². The summed E-state index contributed by atoms with van der Waals surface area (Å²) in [6, 6.07) is 5.34. The fourth-order valence-corrected chi connectivity index (χ4v) is 2.20. The van der Waals surface area contributed by atoms with Crippen LogP contribution < -0.4 is 0 Å². The number of hydrogen-bond donors (Lipinski definition) is 0. The van der Waals surface area contributed by atoms with E-state index in [4.69, 9.17) is 16.3 Å². The highest BCUT2D eigenvalue weighted by Gasteiger charge is 2.13. The molecular formula is C11H9BrClNO2. The van der Waals surface area contributed by atoms with E-state index in [0.717, 1.165) is 15.4 Å². The van der Waals surface area contributed by atoms with Crippen molar-refractivity contribution in [2.75, 3.05) is 6.61 Å². The molecule has 0 spiro atoms. The van der Waals surface area contributed by atoms with E-state index in [1.54, 1.807) is 31.3 Å². The Hall–Kier alpha value is -1.00. The van der Waals surface area contributed by atoms with Crippen LogP contribution in [0.1, 0.15) is 6.92 Å². The van der Waals surface area contributed by atoms with Crippen LogP contribution in [0.15, 0.2) is 28.9 Å². The molecule has 0 aliphatic rings. The molecule has 1 aromatic heterocycles. The first-order valence-corrected chi connectivity index (χ1v) is 5.94. The molecule has 1 heterocycles. The second-order valence-electron chi connectivity index (χ2n) is 3.21. The summed E-state index contributed by atoms with van der Waals surface area (Å²) < 4.78 is 7.23. The number of hydrogen-bond acceptors (Lipinski definition) is 2. The number of rotatable bonds is 1. The average Bonchev–Trinajstić information content (AvgIpc) is 2.56. The Balaban J connectivity index is 2.59. The lowest BCUT2D eigenvalue weighted by Crippen LogP contribution is -2.11. The molecule has 0 bridgehead atoms. The summed E-state index contributed by atoms with van der Waals surface area (Å²) in [6.07, 6.45) is 1.29. The first kappa shape index (κ1) is 11.5. The minimum atomic E-state index is -0.388. The molecule has 5 heteroatoms. The number of halogens is 2. The summed E-state index contributed by atoms with van der Waals surface area (Å²) in [5.74, 6) is 0. The monoisotopic (exact) mass is 301 g/mol. The second kappa shape index (κ2) is 4.47. The second-order valence-corrected chi connectivity index (χ2v) is 4.50. The quantitative estimate of drug-likeness (QED) is 0.795. The van der Waals surface area contributed by atoms with Gasteiger partial charge in [-0.2, -0.15) is 0 Å². The van der Waals surface area contributed by atoms with E-state index in [-0.39, 0.29) is 6.09 Å². The largest absolute Gasteiger partial charge is 0.449 e. The van der Waals surface area contributed by atoms with Crippen molar-refractivity contribution >= 4 is 44.5 Å². The van der Waals surface area contributed by atoms with Gasteiger partial charge in [0.05, 0.1) is 12.1 Å². The maximum absolute atomic E-state index is 11.6. The fourth-order valence-electron chi connectivity index (χ4n) is 1.51. The molecule has 2 rings (SSSR count). The van der Waals surface area contributed by atoms with Gasteiger partial charge >= 0.3 is 6.09 Å². The zero-order valence-corrected chi connectivity index (χ0v) is 10.9. The smallest absolute Gasteiger partial charge is 0.418 e. The highest BCUT2D eigenvalue weighted by atomic mass is 79.9. The predicted octanol–water partition coefficient (Wildman–Crippen LogP) is 4.06. The maximum Gasteiger partial charge on any atom is 0.418 e. The molecule has 84 valence electrons. The van der Waals surface area contributed by atoms with Gasteiger partial charge in [-0.15, -0.1) is 0 Å². The van der Waals surface area contributed by atoms with E-state index in [2.05, 4.69) is 15.9 Å². The Kier molecular flexibility index (Phi) is 3.21. The third kappa shape index (κ3) is 1.95. The third-order valence-electron chi connectivity index (χ3n) is 2.18. The molecule has 0 atom stereocenters. The van der Waals surface area contributed by atoms with Gasteiger partial charge in [0.25, 0.3) is 0 Å². The van der Waals surface area contributed by atoms with Gasteiger partial charge in [-0.25, -0.2) is 4.79 Å². The van der Waals surface area contributed by atoms with Gasteiger partial charge in [0.15, 0.2) is 0 Å². The predicted molar refractivity (Wildman–Crippen MR) is 67.1 cm³/mol. The van der Waals surface area contributed by atoms with Crippen LogP contribution in [0.4, 0.5) is 4.79 Å². The summed E-state index contributed by atoms with van der Waals surface area (Å²) in [6.45, 7) is 2.12. The zero-order chi connectivity index (χ0) is 11.7. The normalized spacial score (nSPS) is 10.7. The van der Waals surface area contributed by atoms with Crippen LogP contribution in [0.3, 0.4) is 0 Å². The van der Waals surface area contributed by atoms with Gasteiger partial charge in [0.2, 0.25) is 0 Å². The van der Waals surface area contributed by atoms with Crippen molar-refractivity contribution < 1.29 is 9.53 Å². The molecule has 3 nitrogen and oxygen atoms in total. The van der Waals surface area contributed by atoms with Crippen molar-refractivity contribution in [1.29, 1.82) is 0 Å². The van der Waals surface area contributed by atoms with E-state index in [1.165, 1.54) is 4.57 Å². The zero-order valence-electron chi connectivity index (χ0n) is 8.54. The van der Waals surface area contributed by atoms with E-state index in [9.17, 15) is 4.79 Å². The summed E-state index contributed by atoms with van der Waals surface area (Å²) >= 11 is 9.28. The Labute approximate surface area is 106 Å². The number of benzene rings is 1. The van der Waals surface area contributed by atoms with E-state index in [1.807, 2.05) is 0 Å². The molecule has 0 fully saturated rings. The highest BCUT2D eigenvalue weighted by Crippen LogP contribution is 2.28. The lowest BCUT2D eigenvalue weighted by molar-refractivity contribution is 0.155. The van der Waals surface area contributed by atoms with E-state index < -0.39 is 0 Å². The number of nitrogens with zero attached hydrogens (tertiary/aromatic N) is 1. The molecule has 1 aromatic carbocycles. The number of aromatic nitrogens is 1. The van der Waals surface area contributed by atoms with Crippen LogP contribution >= 0.6 is 27.5 Å². The van der Waals surface area contributed by atoms with E-state index in [0.29, 0.717) is 11.6 Å². The van der Waals surface area contributed by atoms with Crippen LogP contribution in [-0.2, 0) is 4.74 Å². The van der Waals surface area contributed by atoms with Crippen LogP contribution in [0, 0.1) is 0 Å². The van der Waals surface area contributed by atoms with Crippen molar-refractivity contribution in [2.24, 2.45) is 0 Å². The molecule has 2 aromatic rings. The summed E-state index contributed by atoms with van der Waals surface area (Å²) in [7, 11) is 0. The molecule has 0 unspecified atom stereocenters. The minimum Gasteiger partial charge on any atom is -0.449 e. The minimum absolute atomic E-state index is 0.351. The summed E-state index contributed by atoms with van der Waals surface area (Å²) in [4.78, 5) is 11.6. The van der Waals surface area contributed by atoms with Gasteiger partial charge in [0, 0.05) is 21.1 Å². The SMILES string of the molecule is CCOC(=O)n1cc(Br)c2cc(Cl)ccc21. The molecule has 16 heavy (non-hydrogen) atoms. The lowest BCUT2D eigenvalue weighted by atomic mass is 10.2. The van der Waals surface area contributed by atoms with Crippen molar-refractivity contribution in [1.82, 2.24) is 4.57 Å². The Morgan fingerprint density at radius 2 is 2.31 bits per heavy atom. The molecule has 0 aliphatic heterocycles. The lowest BCUT2D eigenvalue weighted by Gasteiger charge is -2.03. The molecule has 0 aliphatic carbocycles. The average molecular weight is 303 g/mol. The van der Waals surface area contributed by atoms with Crippen LogP contribution in [0.25, 0.3) is 10.9 Å². The van der Waals surface area contributed by atoms with E-state index >= 15 is 0 Å². The first-order valence-electron chi connectivity index (χ1n) is 4.76. The van der Waals surface area contributed by atoms with Gasteiger partial charge in [-0.1, -0.05) is 11.6 Å². The third-order valence-corrected chi connectivity index (χ3v) is 3.05. The molecule has 0 N–H and O–H groups in total. The highest BCUT2D eigenvalue weighted by molar-refractivity contribution is 9.10. The fraction of sp³-hybridized carbons (Fsp3) is 0.182. The van der Waals surface area contributed by atoms with Crippen LogP contribution in [-0.4, -0.2) is 17.3 Å². The molecular weight excluding hydrogens is 293 g/mol. The number of carbonyl (C=O) groups is 1. The van der Waals surface area contributed by atoms with Crippen LogP contribution in [0.5, 0.6) is 0 Å². The first-order chi connectivity index (χ1) is 7.63. The number of ether oxygens (including phenoxy) is 1. The maximum atomic E-state index is 11.6. The molecule has 0 saturated heterocycles. The van der Waals surface area contributed by atoms with Gasteiger partial charge in [-0.05, 0) is 41.1 Å². The standard InChI is InChI=1S/C11H9BrClNO2/c1-2-16-11(15)14-6-9(12)8-5-7(13)3-4-10(8)14/h3-6H,2H2,1H3. The van der Waals surface area contributed by atoms with Crippen molar-refractivity contribution in [2.45, 2.75) is 6.92 Å².